The maximum Gasteiger partial charge on any atom is 0.311 e. The first-order chi connectivity index (χ1) is 9.94. The van der Waals surface area contributed by atoms with E-state index in [1.165, 1.54) is 0 Å². The van der Waals surface area contributed by atoms with Crippen LogP contribution in [0, 0.1) is 12.3 Å². The molecule has 6 heteroatoms. The van der Waals surface area contributed by atoms with Crippen molar-refractivity contribution in [2.45, 2.75) is 39.0 Å². The number of carboxylic acids is 1. The van der Waals surface area contributed by atoms with Gasteiger partial charge in [0.2, 0.25) is 0 Å². The summed E-state index contributed by atoms with van der Waals surface area (Å²) in [5, 5.41) is 11.7. The standard InChI is InChI=1S/C15H17NO5/c1-8-11-9(17)3-2-4-10(11)21-12(8)13(18)16-7-15(5-6-15)14(19)20/h2-7H2,1H3,(H,16,18)(H,19,20). The fourth-order valence-corrected chi connectivity index (χ4v) is 2.81. The number of aryl methyl sites for hydroxylation is 1. The first-order valence-electron chi connectivity index (χ1n) is 7.12. The first kappa shape index (κ1) is 13.9. The number of ketones is 1. The molecule has 0 atom stereocenters. The Bertz CT molecular complexity index is 639. The van der Waals surface area contributed by atoms with E-state index >= 15 is 0 Å². The Morgan fingerprint density at radius 2 is 2.05 bits per heavy atom. The van der Waals surface area contributed by atoms with Crippen LogP contribution in [-0.2, 0) is 11.2 Å². The number of hydrogen-bond acceptors (Lipinski definition) is 4. The summed E-state index contributed by atoms with van der Waals surface area (Å²) >= 11 is 0. The van der Waals surface area contributed by atoms with Gasteiger partial charge in [-0.2, -0.15) is 0 Å². The molecule has 1 saturated carbocycles. The molecule has 0 bridgehead atoms. The molecule has 1 amide bonds. The highest BCUT2D eigenvalue weighted by Crippen LogP contribution is 2.45. The van der Waals surface area contributed by atoms with Crippen LogP contribution in [0.2, 0.25) is 0 Å². The van der Waals surface area contributed by atoms with E-state index in [9.17, 15) is 14.4 Å². The van der Waals surface area contributed by atoms with Gasteiger partial charge in [0.05, 0.1) is 11.0 Å². The Morgan fingerprint density at radius 3 is 2.62 bits per heavy atom. The predicted molar refractivity (Wildman–Crippen MR) is 72.3 cm³/mol. The highest BCUT2D eigenvalue weighted by molar-refractivity contribution is 6.03. The molecular formula is C15H17NO5. The Kier molecular flexibility index (Phi) is 3.11. The Hall–Kier alpha value is -2.11. The number of hydrogen-bond donors (Lipinski definition) is 2. The zero-order chi connectivity index (χ0) is 15.2. The molecule has 0 aromatic carbocycles. The fraction of sp³-hybridized carbons (Fsp3) is 0.533. The minimum atomic E-state index is -0.881. The molecule has 1 aromatic rings. The molecule has 3 rings (SSSR count). The van der Waals surface area contributed by atoms with Crippen molar-refractivity contribution in [2.75, 3.05) is 6.54 Å². The molecule has 1 aromatic heterocycles. The zero-order valence-corrected chi connectivity index (χ0v) is 11.8. The van der Waals surface area contributed by atoms with Gasteiger partial charge in [0.25, 0.3) is 5.91 Å². The molecule has 112 valence electrons. The SMILES string of the molecule is Cc1c(C(=O)NCC2(C(=O)O)CC2)oc2c1C(=O)CCC2. The third-order valence-electron chi connectivity index (χ3n) is 4.41. The van der Waals surface area contributed by atoms with Crippen LogP contribution in [0.25, 0.3) is 0 Å². The monoisotopic (exact) mass is 291 g/mol. The van der Waals surface area contributed by atoms with Gasteiger partial charge in [-0.05, 0) is 26.2 Å². The molecule has 0 unspecified atom stereocenters. The zero-order valence-electron chi connectivity index (χ0n) is 11.8. The number of furan rings is 1. The molecule has 2 aliphatic rings. The van der Waals surface area contributed by atoms with E-state index in [0.717, 1.165) is 6.42 Å². The Morgan fingerprint density at radius 1 is 1.33 bits per heavy atom. The van der Waals surface area contributed by atoms with E-state index in [0.29, 0.717) is 42.6 Å². The Balaban J connectivity index is 1.77. The van der Waals surface area contributed by atoms with Crippen LogP contribution in [0.3, 0.4) is 0 Å². The van der Waals surface area contributed by atoms with Crippen molar-refractivity contribution < 1.29 is 23.9 Å². The second-order valence-corrected chi connectivity index (χ2v) is 5.90. The molecule has 0 radical (unpaired) electrons. The third kappa shape index (κ3) is 2.24. The minimum Gasteiger partial charge on any atom is -0.481 e. The molecule has 21 heavy (non-hydrogen) atoms. The molecule has 1 heterocycles. The van der Waals surface area contributed by atoms with Crippen LogP contribution in [0.4, 0.5) is 0 Å². The Labute approximate surface area is 121 Å². The first-order valence-corrected chi connectivity index (χ1v) is 7.12. The molecule has 0 spiro atoms. The second kappa shape index (κ2) is 4.72. The van der Waals surface area contributed by atoms with Gasteiger partial charge in [0.1, 0.15) is 5.76 Å². The second-order valence-electron chi connectivity index (χ2n) is 5.90. The molecule has 2 N–H and O–H groups in total. The van der Waals surface area contributed by atoms with E-state index in [1.54, 1.807) is 6.92 Å². The minimum absolute atomic E-state index is 0.0146. The quantitative estimate of drug-likeness (QED) is 0.880. The topological polar surface area (TPSA) is 96.6 Å². The van der Waals surface area contributed by atoms with E-state index in [4.69, 9.17) is 9.52 Å². The predicted octanol–water partition coefficient (Wildman–Crippen LogP) is 1.70. The number of Topliss-reactive ketones (excluding diaryl/α,β-unsaturated/α-hetero) is 1. The maximum absolute atomic E-state index is 12.2. The number of aliphatic carboxylic acids is 1. The summed E-state index contributed by atoms with van der Waals surface area (Å²) < 4.78 is 5.53. The van der Waals surface area contributed by atoms with Crippen molar-refractivity contribution in [3.8, 4) is 0 Å². The maximum atomic E-state index is 12.2. The normalized spacial score (nSPS) is 19.0. The van der Waals surface area contributed by atoms with Crippen molar-refractivity contribution in [3.63, 3.8) is 0 Å². The van der Waals surface area contributed by atoms with Crippen LogP contribution >= 0.6 is 0 Å². The van der Waals surface area contributed by atoms with Gasteiger partial charge < -0.3 is 14.8 Å². The van der Waals surface area contributed by atoms with E-state index in [-0.39, 0.29) is 18.1 Å². The van der Waals surface area contributed by atoms with Crippen molar-refractivity contribution in [3.05, 3.63) is 22.6 Å². The summed E-state index contributed by atoms with van der Waals surface area (Å²) in [6.07, 6.45) is 3.04. The highest BCUT2D eigenvalue weighted by atomic mass is 16.4. The van der Waals surface area contributed by atoms with Crippen molar-refractivity contribution >= 4 is 17.7 Å². The van der Waals surface area contributed by atoms with Crippen molar-refractivity contribution in [2.24, 2.45) is 5.41 Å². The molecule has 6 nitrogen and oxygen atoms in total. The number of amides is 1. The summed E-state index contributed by atoms with van der Waals surface area (Å²) in [5.74, 6) is -0.596. The summed E-state index contributed by atoms with van der Waals surface area (Å²) in [7, 11) is 0. The molecule has 2 aliphatic carbocycles. The summed E-state index contributed by atoms with van der Waals surface area (Å²) in [6.45, 7) is 1.80. The lowest BCUT2D eigenvalue weighted by Gasteiger charge is -2.10. The van der Waals surface area contributed by atoms with Crippen LogP contribution < -0.4 is 5.32 Å². The number of nitrogens with one attached hydrogen (secondary N) is 1. The summed E-state index contributed by atoms with van der Waals surface area (Å²) in [5.41, 5.74) is 0.282. The van der Waals surface area contributed by atoms with Crippen LogP contribution in [-0.4, -0.2) is 29.3 Å². The van der Waals surface area contributed by atoms with Crippen LogP contribution in [0.15, 0.2) is 4.42 Å². The highest BCUT2D eigenvalue weighted by Gasteiger charge is 2.50. The number of fused-ring (bicyclic) bond motifs is 1. The smallest absolute Gasteiger partial charge is 0.311 e. The molecule has 0 saturated heterocycles. The van der Waals surface area contributed by atoms with E-state index in [2.05, 4.69) is 5.32 Å². The van der Waals surface area contributed by atoms with E-state index < -0.39 is 17.3 Å². The van der Waals surface area contributed by atoms with Crippen molar-refractivity contribution in [1.82, 2.24) is 5.32 Å². The number of rotatable bonds is 4. The summed E-state index contributed by atoms with van der Waals surface area (Å²) in [6, 6.07) is 0. The number of carbonyl (C=O) groups is 3. The number of carbonyl (C=O) groups excluding carboxylic acids is 2. The lowest BCUT2D eigenvalue weighted by molar-refractivity contribution is -0.143. The van der Waals surface area contributed by atoms with E-state index in [1.807, 2.05) is 0 Å². The lowest BCUT2D eigenvalue weighted by atomic mass is 9.94. The van der Waals surface area contributed by atoms with Gasteiger partial charge in [-0.25, -0.2) is 0 Å². The average Bonchev–Trinajstić information content (AvgIpc) is 3.16. The molecule has 0 aliphatic heterocycles. The third-order valence-corrected chi connectivity index (χ3v) is 4.41. The molecular weight excluding hydrogens is 274 g/mol. The average molecular weight is 291 g/mol. The number of carboxylic acid groups (broad SMARTS) is 1. The van der Waals surface area contributed by atoms with Gasteiger partial charge in [0.15, 0.2) is 11.5 Å². The van der Waals surface area contributed by atoms with Gasteiger partial charge in [-0.3, -0.25) is 14.4 Å². The van der Waals surface area contributed by atoms with Gasteiger partial charge in [-0.1, -0.05) is 0 Å². The van der Waals surface area contributed by atoms with Gasteiger partial charge in [-0.15, -0.1) is 0 Å². The van der Waals surface area contributed by atoms with Crippen LogP contribution in [0.1, 0.15) is 57.9 Å². The fourth-order valence-electron chi connectivity index (χ4n) is 2.81. The molecule has 1 fully saturated rings. The lowest BCUT2D eigenvalue weighted by Crippen LogP contribution is -2.34. The van der Waals surface area contributed by atoms with Crippen molar-refractivity contribution in [1.29, 1.82) is 0 Å². The van der Waals surface area contributed by atoms with Gasteiger partial charge >= 0.3 is 5.97 Å². The summed E-state index contributed by atoms with van der Waals surface area (Å²) in [4.78, 5) is 35.1. The van der Waals surface area contributed by atoms with Gasteiger partial charge in [0, 0.05) is 24.9 Å². The van der Waals surface area contributed by atoms with Crippen LogP contribution in [0.5, 0.6) is 0 Å². The largest absolute Gasteiger partial charge is 0.481 e.